The molecule has 1 atom stereocenters. The van der Waals surface area contributed by atoms with Gasteiger partial charge in [-0.3, -0.25) is 9.59 Å². The summed E-state index contributed by atoms with van der Waals surface area (Å²) < 4.78 is 0. The minimum Gasteiger partial charge on any atom is -0.394 e. The van der Waals surface area contributed by atoms with Gasteiger partial charge in [-0.2, -0.15) is 0 Å². The number of pyridine rings is 1. The van der Waals surface area contributed by atoms with Crippen molar-refractivity contribution in [2.75, 3.05) is 13.2 Å². The second-order valence-corrected chi connectivity index (χ2v) is 5.07. The molecule has 20 heavy (non-hydrogen) atoms. The zero-order chi connectivity index (χ0) is 14.1. The Morgan fingerprint density at radius 3 is 3.00 bits per heavy atom. The van der Waals surface area contributed by atoms with Crippen molar-refractivity contribution in [2.24, 2.45) is 0 Å². The van der Waals surface area contributed by atoms with Crippen LogP contribution in [0, 0.1) is 0 Å². The number of likely N-dealkylation sites (tertiary alicyclic amines) is 1. The summed E-state index contributed by atoms with van der Waals surface area (Å²) in [6, 6.07) is 8.32. The molecule has 0 bridgehead atoms. The number of aromatic nitrogens is 1. The molecular weight excluding hydrogens is 256 g/mol. The van der Waals surface area contributed by atoms with E-state index in [2.05, 4.69) is 4.98 Å². The summed E-state index contributed by atoms with van der Waals surface area (Å²) in [4.78, 5) is 29.1. The molecule has 1 unspecified atom stereocenters. The van der Waals surface area contributed by atoms with Gasteiger partial charge >= 0.3 is 0 Å². The highest BCUT2D eigenvalue weighted by Crippen LogP contribution is 2.19. The van der Waals surface area contributed by atoms with E-state index in [9.17, 15) is 14.7 Å². The van der Waals surface area contributed by atoms with Crippen LogP contribution in [-0.2, 0) is 0 Å². The monoisotopic (exact) mass is 272 g/mol. The summed E-state index contributed by atoms with van der Waals surface area (Å²) >= 11 is 0. The molecule has 1 aliphatic heterocycles. The third kappa shape index (κ3) is 2.10. The molecule has 104 valence electrons. The molecular formula is C15H16N2O3. The number of aliphatic hydroxyl groups is 1. The number of rotatable bonds is 2. The molecule has 0 aliphatic carbocycles. The highest BCUT2D eigenvalue weighted by Gasteiger charge is 2.29. The molecule has 3 rings (SSSR count). The lowest BCUT2D eigenvalue weighted by molar-refractivity contribution is 0.0672. The van der Waals surface area contributed by atoms with E-state index < -0.39 is 0 Å². The van der Waals surface area contributed by atoms with Gasteiger partial charge in [-0.25, -0.2) is 0 Å². The van der Waals surface area contributed by atoms with E-state index in [1.54, 1.807) is 23.1 Å². The number of carbonyl (C=O) groups is 1. The number of hydrogen-bond acceptors (Lipinski definition) is 3. The number of nitrogens with one attached hydrogen (secondary N) is 1. The molecule has 1 aromatic heterocycles. The average Bonchev–Trinajstić information content (AvgIpc) is 2.95. The van der Waals surface area contributed by atoms with Crippen molar-refractivity contribution in [3.63, 3.8) is 0 Å². The molecule has 0 saturated carbocycles. The first kappa shape index (κ1) is 12.9. The van der Waals surface area contributed by atoms with Crippen LogP contribution >= 0.6 is 0 Å². The fourth-order valence-corrected chi connectivity index (χ4v) is 2.76. The maximum atomic E-state index is 12.5. The van der Waals surface area contributed by atoms with Crippen molar-refractivity contribution in [2.45, 2.75) is 18.9 Å². The number of hydrogen-bond donors (Lipinski definition) is 2. The first-order valence-corrected chi connectivity index (χ1v) is 6.74. The number of nitrogens with zero attached hydrogens (tertiary/aromatic N) is 1. The summed E-state index contributed by atoms with van der Waals surface area (Å²) in [5, 5.41) is 9.87. The minimum absolute atomic E-state index is 0.0381. The molecule has 5 nitrogen and oxygen atoms in total. The maximum absolute atomic E-state index is 12.5. The Balaban J connectivity index is 2.02. The van der Waals surface area contributed by atoms with Crippen molar-refractivity contribution < 1.29 is 9.90 Å². The fourth-order valence-electron chi connectivity index (χ4n) is 2.76. The molecule has 2 N–H and O–H groups in total. The molecule has 5 heteroatoms. The Labute approximate surface area is 115 Å². The van der Waals surface area contributed by atoms with Crippen molar-refractivity contribution in [3.8, 4) is 0 Å². The van der Waals surface area contributed by atoms with Gasteiger partial charge in [-0.15, -0.1) is 0 Å². The van der Waals surface area contributed by atoms with E-state index in [0.29, 0.717) is 17.4 Å². The lowest BCUT2D eigenvalue weighted by atomic mass is 10.2. The van der Waals surface area contributed by atoms with Gasteiger partial charge in [0, 0.05) is 23.5 Å². The van der Waals surface area contributed by atoms with Crippen molar-refractivity contribution >= 4 is 16.8 Å². The third-order valence-corrected chi connectivity index (χ3v) is 3.82. The molecule has 2 aromatic rings. The Bertz CT molecular complexity index is 708. The second-order valence-electron chi connectivity index (χ2n) is 5.07. The van der Waals surface area contributed by atoms with Gasteiger partial charge in [0.05, 0.1) is 12.6 Å². The highest BCUT2D eigenvalue weighted by molar-refractivity contribution is 5.95. The molecule has 0 radical (unpaired) electrons. The third-order valence-electron chi connectivity index (χ3n) is 3.82. The van der Waals surface area contributed by atoms with Gasteiger partial charge in [0.25, 0.3) is 5.91 Å². The van der Waals surface area contributed by atoms with Crippen LogP contribution in [0.15, 0.2) is 35.1 Å². The number of aliphatic hydroxyl groups excluding tert-OH is 1. The second kappa shape index (κ2) is 5.09. The minimum atomic E-state index is -0.218. The largest absolute Gasteiger partial charge is 0.394 e. The number of amides is 1. The summed E-state index contributed by atoms with van der Waals surface area (Å²) in [5.41, 5.74) is 0.777. The predicted molar refractivity (Wildman–Crippen MR) is 75.7 cm³/mol. The van der Waals surface area contributed by atoms with Crippen molar-refractivity contribution in [1.82, 2.24) is 9.88 Å². The van der Waals surface area contributed by atoms with E-state index >= 15 is 0 Å². The van der Waals surface area contributed by atoms with Crippen LogP contribution < -0.4 is 5.43 Å². The number of carbonyl (C=O) groups excluding carboxylic acids is 1. The van der Waals surface area contributed by atoms with Crippen molar-refractivity contribution in [3.05, 3.63) is 46.2 Å². The summed E-state index contributed by atoms with van der Waals surface area (Å²) in [7, 11) is 0. The normalized spacial score (nSPS) is 18.6. The fraction of sp³-hybridized carbons (Fsp3) is 0.333. The Morgan fingerprint density at radius 1 is 1.40 bits per heavy atom. The van der Waals surface area contributed by atoms with Crippen LogP contribution in [0.2, 0.25) is 0 Å². The van der Waals surface area contributed by atoms with Crippen LogP contribution in [0.25, 0.3) is 10.9 Å². The molecule has 1 amide bonds. The molecule has 1 aliphatic rings. The standard InChI is InChI=1S/C15H16N2O3/c18-9-10-4-3-7-17(10)15(20)13-8-14(19)11-5-1-2-6-12(11)16-13/h1-2,5-6,8,10,18H,3-4,7,9H2,(H,16,19). The zero-order valence-electron chi connectivity index (χ0n) is 11.0. The smallest absolute Gasteiger partial charge is 0.270 e. The van der Waals surface area contributed by atoms with E-state index in [1.807, 2.05) is 6.07 Å². The van der Waals surface area contributed by atoms with Crippen LogP contribution in [0.3, 0.4) is 0 Å². The van der Waals surface area contributed by atoms with Crippen molar-refractivity contribution in [1.29, 1.82) is 0 Å². The zero-order valence-corrected chi connectivity index (χ0v) is 11.0. The van der Waals surface area contributed by atoms with E-state index in [0.717, 1.165) is 12.8 Å². The first-order valence-electron chi connectivity index (χ1n) is 6.74. The van der Waals surface area contributed by atoms with Gasteiger partial charge in [0.1, 0.15) is 5.69 Å². The van der Waals surface area contributed by atoms with Crippen LogP contribution in [-0.4, -0.2) is 40.1 Å². The van der Waals surface area contributed by atoms with Gasteiger partial charge in [-0.1, -0.05) is 12.1 Å². The lowest BCUT2D eigenvalue weighted by Gasteiger charge is -2.22. The van der Waals surface area contributed by atoms with Gasteiger partial charge < -0.3 is 15.0 Å². The van der Waals surface area contributed by atoms with Crippen LogP contribution in [0.4, 0.5) is 0 Å². The quantitative estimate of drug-likeness (QED) is 0.860. The molecule has 0 spiro atoms. The Hall–Kier alpha value is -2.14. The molecule has 1 saturated heterocycles. The predicted octanol–water partition coefficient (Wildman–Crippen LogP) is 1.12. The summed E-state index contributed by atoms with van der Waals surface area (Å²) in [6.07, 6.45) is 1.69. The molecule has 2 heterocycles. The number of para-hydroxylation sites is 1. The first-order chi connectivity index (χ1) is 9.70. The topological polar surface area (TPSA) is 73.4 Å². The SMILES string of the molecule is O=C(c1cc(=O)c2ccccc2[nH]1)N1CCCC1CO. The molecule has 1 fully saturated rings. The average molecular weight is 272 g/mol. The van der Waals surface area contributed by atoms with E-state index in [-0.39, 0.29) is 29.7 Å². The van der Waals surface area contributed by atoms with E-state index in [1.165, 1.54) is 6.07 Å². The number of benzene rings is 1. The van der Waals surface area contributed by atoms with Gasteiger partial charge in [-0.05, 0) is 25.0 Å². The van der Waals surface area contributed by atoms with Crippen LogP contribution in [0.5, 0.6) is 0 Å². The van der Waals surface area contributed by atoms with Gasteiger partial charge in [0.15, 0.2) is 5.43 Å². The Morgan fingerprint density at radius 2 is 2.20 bits per heavy atom. The lowest BCUT2D eigenvalue weighted by Crippen LogP contribution is -2.38. The number of fused-ring (bicyclic) bond motifs is 1. The van der Waals surface area contributed by atoms with E-state index in [4.69, 9.17) is 0 Å². The number of aromatic amines is 1. The Kier molecular flexibility index (Phi) is 3.28. The summed E-state index contributed by atoms with van der Waals surface area (Å²) in [5.74, 6) is -0.218. The highest BCUT2D eigenvalue weighted by atomic mass is 16.3. The number of H-pyrrole nitrogens is 1. The maximum Gasteiger partial charge on any atom is 0.270 e. The van der Waals surface area contributed by atoms with Crippen LogP contribution in [0.1, 0.15) is 23.3 Å². The summed E-state index contributed by atoms with van der Waals surface area (Å²) in [6.45, 7) is 0.586. The molecule has 1 aromatic carbocycles. The van der Waals surface area contributed by atoms with Gasteiger partial charge in [0.2, 0.25) is 0 Å².